The van der Waals surface area contributed by atoms with Crippen LogP contribution < -0.4 is 0 Å². The molecule has 0 amide bonds. The van der Waals surface area contributed by atoms with E-state index in [0.29, 0.717) is 10.3 Å². The number of aromatic nitrogens is 3. The average Bonchev–Trinajstić information content (AvgIpc) is 2.72. The molecule has 1 N–H and O–H groups in total. The molecule has 3 rings (SSSR count). The topological polar surface area (TPSA) is 41.6 Å². The molecular formula is C12H6Cl2N3. The zero-order valence-corrected chi connectivity index (χ0v) is 10.0. The summed E-state index contributed by atoms with van der Waals surface area (Å²) < 4.78 is 0. The molecule has 3 nitrogen and oxygen atoms in total. The minimum atomic E-state index is 0.348. The van der Waals surface area contributed by atoms with Gasteiger partial charge < -0.3 is 4.98 Å². The zero-order chi connectivity index (χ0) is 11.8. The standard InChI is InChI=1S/C12H6Cl2N3/c13-10-4-3-8(11(14)17-10)9-6-7-2-1-5-15-12(7)16-9/h1-5H,(H,15,16). The van der Waals surface area contributed by atoms with Gasteiger partial charge in [0.05, 0.1) is 5.69 Å². The fourth-order valence-electron chi connectivity index (χ4n) is 1.62. The Morgan fingerprint density at radius 1 is 1.18 bits per heavy atom. The lowest BCUT2D eigenvalue weighted by Gasteiger charge is -2.00. The lowest BCUT2D eigenvalue weighted by atomic mass is 10.2. The van der Waals surface area contributed by atoms with Gasteiger partial charge in [0.1, 0.15) is 16.0 Å². The van der Waals surface area contributed by atoms with E-state index in [1.165, 1.54) is 0 Å². The van der Waals surface area contributed by atoms with Crippen molar-refractivity contribution in [1.29, 1.82) is 0 Å². The van der Waals surface area contributed by atoms with Gasteiger partial charge in [0.25, 0.3) is 0 Å². The van der Waals surface area contributed by atoms with Gasteiger partial charge in [-0.15, -0.1) is 0 Å². The molecule has 0 aliphatic heterocycles. The van der Waals surface area contributed by atoms with E-state index >= 15 is 0 Å². The molecule has 0 bridgehead atoms. The van der Waals surface area contributed by atoms with Crippen molar-refractivity contribution >= 4 is 34.2 Å². The van der Waals surface area contributed by atoms with Crippen LogP contribution in [0.3, 0.4) is 0 Å². The van der Waals surface area contributed by atoms with Crippen LogP contribution in [0.5, 0.6) is 0 Å². The van der Waals surface area contributed by atoms with Crippen molar-refractivity contribution in [3.05, 3.63) is 46.8 Å². The molecule has 0 aliphatic rings. The Bertz CT molecular complexity index is 658. The molecule has 0 unspecified atom stereocenters. The van der Waals surface area contributed by atoms with Crippen LogP contribution >= 0.6 is 23.2 Å². The van der Waals surface area contributed by atoms with Crippen molar-refractivity contribution < 1.29 is 0 Å². The Morgan fingerprint density at radius 3 is 2.82 bits per heavy atom. The third-order valence-corrected chi connectivity index (χ3v) is 2.89. The number of H-pyrrole nitrogens is 1. The average molecular weight is 263 g/mol. The van der Waals surface area contributed by atoms with Crippen molar-refractivity contribution in [2.45, 2.75) is 0 Å². The number of halogens is 2. The predicted octanol–water partition coefficient (Wildman–Crippen LogP) is 3.73. The summed E-state index contributed by atoms with van der Waals surface area (Å²) in [5.74, 6) is 0. The van der Waals surface area contributed by atoms with Crippen molar-refractivity contribution in [1.82, 2.24) is 15.0 Å². The first-order valence-corrected chi connectivity index (χ1v) is 5.68. The summed E-state index contributed by atoms with van der Waals surface area (Å²) in [4.78, 5) is 11.3. The molecule has 0 aromatic carbocycles. The van der Waals surface area contributed by atoms with Gasteiger partial charge in [0.15, 0.2) is 0 Å². The van der Waals surface area contributed by atoms with E-state index < -0.39 is 0 Å². The van der Waals surface area contributed by atoms with Gasteiger partial charge in [0, 0.05) is 23.2 Å². The van der Waals surface area contributed by atoms with Crippen LogP contribution in [0.2, 0.25) is 10.3 Å². The van der Waals surface area contributed by atoms with Gasteiger partial charge in [0.2, 0.25) is 0 Å². The number of hydrogen-bond donors (Lipinski definition) is 1. The summed E-state index contributed by atoms with van der Waals surface area (Å²) in [5, 5.41) is 1.63. The highest BCUT2D eigenvalue weighted by atomic mass is 35.5. The quantitative estimate of drug-likeness (QED) is 0.679. The Balaban J connectivity index is 2.20. The lowest BCUT2D eigenvalue weighted by Crippen LogP contribution is -1.84. The smallest absolute Gasteiger partial charge is 0.140 e. The molecule has 17 heavy (non-hydrogen) atoms. The van der Waals surface area contributed by atoms with E-state index in [1.54, 1.807) is 18.3 Å². The summed E-state index contributed by atoms with van der Waals surface area (Å²) >= 11 is 11.8. The molecule has 0 saturated carbocycles. The number of nitrogens with one attached hydrogen (secondary N) is 1. The summed E-state index contributed by atoms with van der Waals surface area (Å²) in [6.45, 7) is 0. The highest BCUT2D eigenvalue weighted by molar-refractivity contribution is 6.34. The number of rotatable bonds is 1. The minimum Gasteiger partial charge on any atom is -0.339 e. The Morgan fingerprint density at radius 2 is 2.06 bits per heavy atom. The maximum absolute atomic E-state index is 6.04. The zero-order valence-electron chi connectivity index (χ0n) is 8.54. The Labute approximate surface area is 107 Å². The molecule has 83 valence electrons. The van der Waals surface area contributed by atoms with Crippen molar-refractivity contribution in [3.63, 3.8) is 0 Å². The third kappa shape index (κ3) is 1.88. The van der Waals surface area contributed by atoms with E-state index in [9.17, 15) is 0 Å². The second-order valence-electron chi connectivity index (χ2n) is 3.50. The fourth-order valence-corrected chi connectivity index (χ4v) is 2.06. The summed E-state index contributed by atoms with van der Waals surface area (Å²) in [6, 6.07) is 10.5. The highest BCUT2D eigenvalue weighted by Gasteiger charge is 2.09. The van der Waals surface area contributed by atoms with Crippen LogP contribution in [0.4, 0.5) is 0 Å². The number of hydrogen-bond acceptors (Lipinski definition) is 2. The Kier molecular flexibility index (Phi) is 2.50. The second kappa shape index (κ2) is 4.02. The minimum absolute atomic E-state index is 0.348. The summed E-state index contributed by atoms with van der Waals surface area (Å²) in [5.41, 5.74) is 2.29. The molecule has 0 atom stereocenters. The van der Waals surface area contributed by atoms with Gasteiger partial charge in [-0.2, -0.15) is 0 Å². The van der Waals surface area contributed by atoms with Gasteiger partial charge >= 0.3 is 0 Å². The van der Waals surface area contributed by atoms with Crippen molar-refractivity contribution in [3.8, 4) is 11.3 Å². The molecule has 5 heteroatoms. The van der Waals surface area contributed by atoms with Crippen LogP contribution in [0, 0.1) is 6.07 Å². The normalized spacial score (nSPS) is 10.9. The largest absolute Gasteiger partial charge is 0.339 e. The molecule has 0 saturated heterocycles. The van der Waals surface area contributed by atoms with Crippen molar-refractivity contribution in [2.24, 2.45) is 0 Å². The molecule has 3 aromatic rings. The van der Waals surface area contributed by atoms with E-state index in [-0.39, 0.29) is 0 Å². The van der Waals surface area contributed by atoms with Gasteiger partial charge in [-0.25, -0.2) is 9.97 Å². The van der Waals surface area contributed by atoms with Gasteiger partial charge in [-0.1, -0.05) is 23.2 Å². The summed E-state index contributed by atoms with van der Waals surface area (Å²) in [6.07, 6.45) is 1.72. The van der Waals surface area contributed by atoms with Crippen LogP contribution in [0.15, 0.2) is 30.5 Å². The number of pyridine rings is 2. The maximum Gasteiger partial charge on any atom is 0.140 e. The van der Waals surface area contributed by atoms with E-state index in [2.05, 4.69) is 21.0 Å². The van der Waals surface area contributed by atoms with E-state index in [4.69, 9.17) is 23.2 Å². The third-order valence-electron chi connectivity index (χ3n) is 2.39. The number of fused-ring (bicyclic) bond motifs is 1. The van der Waals surface area contributed by atoms with Crippen LogP contribution in [0.1, 0.15) is 0 Å². The molecule has 0 fully saturated rings. The molecule has 0 spiro atoms. The summed E-state index contributed by atoms with van der Waals surface area (Å²) in [7, 11) is 0. The molecular weight excluding hydrogens is 257 g/mol. The lowest BCUT2D eigenvalue weighted by molar-refractivity contribution is 1.29. The maximum atomic E-state index is 6.04. The van der Waals surface area contributed by atoms with Crippen LogP contribution in [-0.2, 0) is 0 Å². The molecule has 0 aliphatic carbocycles. The molecule has 3 heterocycles. The van der Waals surface area contributed by atoms with E-state index in [1.807, 2.05) is 12.1 Å². The monoisotopic (exact) mass is 262 g/mol. The SMILES string of the molecule is Clc1ccc(-c2[c]c3cccnc3[nH]2)c(Cl)n1. The second-order valence-corrected chi connectivity index (χ2v) is 4.24. The van der Waals surface area contributed by atoms with Crippen molar-refractivity contribution in [2.75, 3.05) is 0 Å². The van der Waals surface area contributed by atoms with Crippen LogP contribution in [0.25, 0.3) is 22.3 Å². The fraction of sp³-hybridized carbons (Fsp3) is 0. The predicted molar refractivity (Wildman–Crippen MR) is 68.2 cm³/mol. The first kappa shape index (κ1) is 10.6. The molecule has 1 radical (unpaired) electrons. The molecule has 3 aromatic heterocycles. The Hall–Kier alpha value is -1.58. The van der Waals surface area contributed by atoms with E-state index in [0.717, 1.165) is 22.3 Å². The van der Waals surface area contributed by atoms with Gasteiger partial charge in [-0.3, -0.25) is 0 Å². The first-order chi connectivity index (χ1) is 8.24. The first-order valence-electron chi connectivity index (χ1n) is 4.92. The highest BCUT2D eigenvalue weighted by Crippen LogP contribution is 2.28. The van der Waals surface area contributed by atoms with Crippen LogP contribution in [-0.4, -0.2) is 15.0 Å². The number of aromatic amines is 1. The number of nitrogens with zero attached hydrogens (tertiary/aromatic N) is 2. The van der Waals surface area contributed by atoms with Gasteiger partial charge in [-0.05, 0) is 24.3 Å².